The molecule has 0 aliphatic rings. The highest BCUT2D eigenvalue weighted by Crippen LogP contribution is 2.27. The van der Waals surface area contributed by atoms with Crippen LogP contribution in [0.2, 0.25) is 5.02 Å². The normalized spacial score (nSPS) is 12.5. The molecule has 3 aromatic rings. The molecule has 0 amide bonds. The number of aliphatic hydroxyl groups is 1. The first-order valence-corrected chi connectivity index (χ1v) is 7.74. The quantitative estimate of drug-likeness (QED) is 0.725. The Bertz CT molecular complexity index is 805. The standard InChI is InChI=1S/C14H13BrClN5O/c1-21-14-11(12(15)20-21)13(18-7-19-14)17-6-10(22)8-2-4-9(16)5-3-8/h2-5,7,10,22H,6H2,1H3,(H,17,18,19)/t10-/m1/s1. The molecule has 0 aliphatic carbocycles. The van der Waals surface area contributed by atoms with E-state index < -0.39 is 6.10 Å². The third-order valence-corrected chi connectivity index (χ3v) is 4.10. The number of hydrogen-bond donors (Lipinski definition) is 2. The van der Waals surface area contributed by atoms with Gasteiger partial charge in [0.25, 0.3) is 0 Å². The molecular weight excluding hydrogens is 370 g/mol. The van der Waals surface area contributed by atoms with E-state index in [1.165, 1.54) is 6.33 Å². The molecule has 0 fully saturated rings. The van der Waals surface area contributed by atoms with E-state index in [-0.39, 0.29) is 0 Å². The molecule has 0 aliphatic heterocycles. The number of nitrogens with one attached hydrogen (secondary N) is 1. The minimum atomic E-state index is -0.669. The molecule has 22 heavy (non-hydrogen) atoms. The number of nitrogens with zero attached hydrogens (tertiary/aromatic N) is 4. The van der Waals surface area contributed by atoms with Gasteiger partial charge in [0, 0.05) is 18.6 Å². The molecule has 0 unspecified atom stereocenters. The molecule has 2 aromatic heterocycles. The summed E-state index contributed by atoms with van der Waals surface area (Å²) in [5, 5.41) is 19.1. The van der Waals surface area contributed by atoms with Gasteiger partial charge in [0.1, 0.15) is 16.7 Å². The van der Waals surface area contributed by atoms with Gasteiger partial charge in [-0.25, -0.2) is 14.6 Å². The van der Waals surface area contributed by atoms with E-state index >= 15 is 0 Å². The molecule has 0 saturated heterocycles. The van der Waals surface area contributed by atoms with Crippen molar-refractivity contribution in [2.24, 2.45) is 7.05 Å². The average Bonchev–Trinajstić information content (AvgIpc) is 2.81. The van der Waals surface area contributed by atoms with Crippen LogP contribution in [0.5, 0.6) is 0 Å². The van der Waals surface area contributed by atoms with Crippen molar-refractivity contribution >= 4 is 44.4 Å². The summed E-state index contributed by atoms with van der Waals surface area (Å²) in [6.07, 6.45) is 0.797. The number of fused-ring (bicyclic) bond motifs is 1. The van der Waals surface area contributed by atoms with E-state index in [9.17, 15) is 5.11 Å². The van der Waals surface area contributed by atoms with Crippen molar-refractivity contribution in [2.45, 2.75) is 6.10 Å². The van der Waals surface area contributed by atoms with Crippen molar-refractivity contribution in [2.75, 3.05) is 11.9 Å². The monoisotopic (exact) mass is 381 g/mol. The second-order valence-corrected chi connectivity index (χ2v) is 5.97. The number of aryl methyl sites for hydroxylation is 1. The predicted octanol–water partition coefficient (Wildman–Crippen LogP) is 2.92. The van der Waals surface area contributed by atoms with E-state index in [4.69, 9.17) is 11.6 Å². The van der Waals surface area contributed by atoms with Gasteiger partial charge in [-0.15, -0.1) is 0 Å². The lowest BCUT2D eigenvalue weighted by molar-refractivity contribution is 0.191. The molecule has 2 heterocycles. The van der Waals surface area contributed by atoms with Crippen molar-refractivity contribution in [3.05, 3.63) is 45.8 Å². The molecule has 2 N–H and O–H groups in total. The predicted molar refractivity (Wildman–Crippen MR) is 88.9 cm³/mol. The molecule has 114 valence electrons. The average molecular weight is 383 g/mol. The van der Waals surface area contributed by atoms with Crippen molar-refractivity contribution in [3.63, 3.8) is 0 Å². The lowest BCUT2D eigenvalue weighted by Crippen LogP contribution is -2.13. The van der Waals surface area contributed by atoms with E-state index in [0.717, 1.165) is 10.9 Å². The van der Waals surface area contributed by atoms with E-state index in [2.05, 4.69) is 36.3 Å². The summed E-state index contributed by atoms with van der Waals surface area (Å²) in [7, 11) is 1.81. The van der Waals surface area contributed by atoms with Crippen molar-refractivity contribution in [3.8, 4) is 0 Å². The third-order valence-electron chi connectivity index (χ3n) is 3.30. The molecule has 8 heteroatoms. The highest BCUT2D eigenvalue weighted by Gasteiger charge is 2.14. The highest BCUT2D eigenvalue weighted by molar-refractivity contribution is 9.10. The minimum absolute atomic E-state index is 0.315. The van der Waals surface area contributed by atoms with Crippen LogP contribution >= 0.6 is 27.5 Å². The van der Waals surface area contributed by atoms with Crippen LogP contribution in [0.25, 0.3) is 11.0 Å². The molecule has 0 bridgehead atoms. The zero-order valence-electron chi connectivity index (χ0n) is 11.7. The molecular formula is C14H13BrClN5O. The van der Waals surface area contributed by atoms with E-state index in [1.807, 2.05) is 7.05 Å². The Morgan fingerprint density at radius 2 is 2.05 bits per heavy atom. The first kappa shape index (κ1) is 15.2. The molecule has 6 nitrogen and oxygen atoms in total. The fraction of sp³-hybridized carbons (Fsp3) is 0.214. The molecule has 0 radical (unpaired) electrons. The van der Waals surface area contributed by atoms with Crippen molar-refractivity contribution in [1.82, 2.24) is 19.7 Å². The fourth-order valence-electron chi connectivity index (χ4n) is 2.17. The number of anilines is 1. The topological polar surface area (TPSA) is 75.9 Å². The largest absolute Gasteiger partial charge is 0.387 e. The van der Waals surface area contributed by atoms with Crippen LogP contribution < -0.4 is 5.32 Å². The number of halogens is 2. The maximum absolute atomic E-state index is 10.2. The van der Waals surface area contributed by atoms with Gasteiger partial charge in [-0.2, -0.15) is 5.10 Å². The second-order valence-electron chi connectivity index (χ2n) is 4.78. The maximum atomic E-state index is 10.2. The van der Waals surface area contributed by atoms with Gasteiger partial charge < -0.3 is 10.4 Å². The van der Waals surface area contributed by atoms with Crippen LogP contribution in [0.3, 0.4) is 0 Å². The Kier molecular flexibility index (Phi) is 4.28. The van der Waals surface area contributed by atoms with Crippen LogP contribution in [0.1, 0.15) is 11.7 Å². The van der Waals surface area contributed by atoms with Crippen LogP contribution in [0.4, 0.5) is 5.82 Å². The lowest BCUT2D eigenvalue weighted by Gasteiger charge is -2.13. The molecule has 3 rings (SSSR count). The Balaban J connectivity index is 1.80. The number of aromatic nitrogens is 4. The number of hydrogen-bond acceptors (Lipinski definition) is 5. The van der Waals surface area contributed by atoms with Crippen LogP contribution in [-0.2, 0) is 7.05 Å². The Morgan fingerprint density at radius 1 is 1.32 bits per heavy atom. The second kappa shape index (κ2) is 6.20. The number of benzene rings is 1. The molecule has 0 saturated carbocycles. The molecule has 1 atom stereocenters. The fourth-order valence-corrected chi connectivity index (χ4v) is 2.90. The van der Waals surface area contributed by atoms with Crippen molar-refractivity contribution < 1.29 is 5.11 Å². The minimum Gasteiger partial charge on any atom is -0.387 e. The summed E-state index contributed by atoms with van der Waals surface area (Å²) < 4.78 is 2.33. The van der Waals surface area contributed by atoms with Crippen molar-refractivity contribution in [1.29, 1.82) is 0 Å². The van der Waals surface area contributed by atoms with Gasteiger partial charge in [-0.1, -0.05) is 23.7 Å². The van der Waals surface area contributed by atoms with Gasteiger partial charge >= 0.3 is 0 Å². The van der Waals surface area contributed by atoms with Crippen LogP contribution in [0.15, 0.2) is 35.2 Å². The molecule has 1 aromatic carbocycles. The zero-order chi connectivity index (χ0) is 15.7. The van der Waals surface area contributed by atoms with E-state index in [0.29, 0.717) is 27.6 Å². The lowest BCUT2D eigenvalue weighted by atomic mass is 10.1. The summed E-state index contributed by atoms with van der Waals surface area (Å²) in [5.74, 6) is 0.623. The van der Waals surface area contributed by atoms with Crippen LogP contribution in [-0.4, -0.2) is 31.4 Å². The van der Waals surface area contributed by atoms with E-state index in [1.54, 1.807) is 28.9 Å². The number of aliphatic hydroxyl groups excluding tert-OH is 1. The summed E-state index contributed by atoms with van der Waals surface area (Å²) in [4.78, 5) is 8.42. The smallest absolute Gasteiger partial charge is 0.164 e. The summed E-state index contributed by atoms with van der Waals surface area (Å²) >= 11 is 9.25. The summed E-state index contributed by atoms with van der Waals surface area (Å²) in [6, 6.07) is 7.09. The van der Waals surface area contributed by atoms with Gasteiger partial charge in [0.05, 0.1) is 11.5 Å². The third kappa shape index (κ3) is 2.92. The summed E-state index contributed by atoms with van der Waals surface area (Å²) in [6.45, 7) is 0.315. The first-order chi connectivity index (χ1) is 10.6. The highest BCUT2D eigenvalue weighted by atomic mass is 79.9. The van der Waals surface area contributed by atoms with Gasteiger partial charge in [-0.05, 0) is 33.6 Å². The number of rotatable bonds is 4. The maximum Gasteiger partial charge on any atom is 0.164 e. The van der Waals surface area contributed by atoms with Gasteiger partial charge in [0.15, 0.2) is 5.65 Å². The van der Waals surface area contributed by atoms with Crippen LogP contribution in [0, 0.1) is 0 Å². The first-order valence-electron chi connectivity index (χ1n) is 6.57. The Labute approximate surface area is 140 Å². The zero-order valence-corrected chi connectivity index (χ0v) is 14.0. The Hall–Kier alpha value is -1.70. The van der Waals surface area contributed by atoms with Gasteiger partial charge in [0.2, 0.25) is 0 Å². The molecule has 0 spiro atoms. The Morgan fingerprint density at radius 3 is 2.77 bits per heavy atom. The van der Waals surface area contributed by atoms with Gasteiger partial charge in [-0.3, -0.25) is 0 Å². The summed E-state index contributed by atoms with van der Waals surface area (Å²) in [5.41, 5.74) is 1.50. The SMILES string of the molecule is Cn1nc(Br)c2c(NC[C@@H](O)c3ccc(Cl)cc3)ncnc21.